The van der Waals surface area contributed by atoms with E-state index in [2.05, 4.69) is 11.9 Å². The summed E-state index contributed by atoms with van der Waals surface area (Å²) in [5, 5.41) is 0. The minimum absolute atomic E-state index is 0.00901. The molecule has 1 aromatic heterocycles. The van der Waals surface area contributed by atoms with Crippen LogP contribution in [0.15, 0.2) is 18.5 Å². The highest BCUT2D eigenvalue weighted by atomic mass is 16.2. The van der Waals surface area contributed by atoms with E-state index in [1.54, 1.807) is 18.5 Å². The van der Waals surface area contributed by atoms with Crippen LogP contribution in [0.3, 0.4) is 0 Å². The molecule has 0 bridgehead atoms. The number of hydrogen-bond acceptors (Lipinski definition) is 3. The van der Waals surface area contributed by atoms with Gasteiger partial charge in [0.05, 0.1) is 11.1 Å². The smallest absolute Gasteiger partial charge is 0.255 e. The molecule has 0 aliphatic carbocycles. The highest BCUT2D eigenvalue weighted by molar-refractivity contribution is 5.99. The molecule has 3 heterocycles. The molecule has 1 atom stereocenters. The fourth-order valence-electron chi connectivity index (χ4n) is 3.99. The summed E-state index contributed by atoms with van der Waals surface area (Å²) in [6, 6.07) is 2.05. The molecule has 2 amide bonds. The van der Waals surface area contributed by atoms with E-state index in [0.717, 1.165) is 51.7 Å². The summed E-state index contributed by atoms with van der Waals surface area (Å²) >= 11 is 0. The van der Waals surface area contributed by atoms with Gasteiger partial charge in [-0.1, -0.05) is 19.8 Å². The normalized spacial score (nSPS) is 21.7. The summed E-state index contributed by atoms with van der Waals surface area (Å²) in [7, 11) is 0. The second-order valence-electron chi connectivity index (χ2n) is 7.23. The average Bonchev–Trinajstić information content (AvgIpc) is 2.96. The molecule has 5 heteroatoms. The number of piperidine rings is 1. The van der Waals surface area contributed by atoms with Gasteiger partial charge in [0.25, 0.3) is 11.8 Å². The molecular weight excluding hydrogens is 314 g/mol. The van der Waals surface area contributed by atoms with E-state index in [1.807, 2.05) is 9.80 Å². The summed E-state index contributed by atoms with van der Waals surface area (Å²) in [5.74, 6) is 0.0271. The maximum absolute atomic E-state index is 12.9. The fourth-order valence-corrected chi connectivity index (χ4v) is 3.99. The lowest BCUT2D eigenvalue weighted by atomic mass is 9.99. The van der Waals surface area contributed by atoms with Crippen molar-refractivity contribution >= 4 is 11.8 Å². The minimum atomic E-state index is 0.00901. The Morgan fingerprint density at radius 1 is 0.960 bits per heavy atom. The lowest BCUT2D eigenvalue weighted by Crippen LogP contribution is -2.43. The van der Waals surface area contributed by atoms with Crippen molar-refractivity contribution in [2.45, 2.75) is 64.3 Å². The van der Waals surface area contributed by atoms with Gasteiger partial charge >= 0.3 is 0 Å². The van der Waals surface area contributed by atoms with Crippen molar-refractivity contribution in [3.63, 3.8) is 0 Å². The second kappa shape index (κ2) is 8.45. The number of nitrogens with zero attached hydrogens (tertiary/aromatic N) is 3. The van der Waals surface area contributed by atoms with Gasteiger partial charge in [0, 0.05) is 38.1 Å². The number of carbonyl (C=O) groups excluding carboxylic acids is 2. The topological polar surface area (TPSA) is 53.5 Å². The third kappa shape index (κ3) is 4.20. The Bertz CT molecular complexity index is 609. The quantitative estimate of drug-likeness (QED) is 0.844. The fraction of sp³-hybridized carbons (Fsp3) is 0.650. The van der Waals surface area contributed by atoms with Gasteiger partial charge in [0.2, 0.25) is 0 Å². The molecule has 2 aliphatic rings. The SMILES string of the molecule is CCC1CCCCN1C(=O)c1cncc(C(=O)N2CCCCCC2)c1. The van der Waals surface area contributed by atoms with Gasteiger partial charge in [-0.05, 0) is 44.6 Å². The first-order valence-electron chi connectivity index (χ1n) is 9.76. The first-order chi connectivity index (χ1) is 12.2. The number of aromatic nitrogens is 1. The van der Waals surface area contributed by atoms with Gasteiger partial charge in [0.15, 0.2) is 0 Å². The highest BCUT2D eigenvalue weighted by Gasteiger charge is 2.27. The van der Waals surface area contributed by atoms with Crippen LogP contribution in [0.4, 0.5) is 0 Å². The van der Waals surface area contributed by atoms with E-state index < -0.39 is 0 Å². The molecule has 2 saturated heterocycles. The summed E-state index contributed by atoms with van der Waals surface area (Å²) in [6.07, 6.45) is 12.0. The van der Waals surface area contributed by atoms with Crippen LogP contribution in [-0.2, 0) is 0 Å². The predicted octanol–water partition coefficient (Wildman–Crippen LogP) is 3.50. The van der Waals surface area contributed by atoms with E-state index in [0.29, 0.717) is 17.2 Å². The Hall–Kier alpha value is -1.91. The van der Waals surface area contributed by atoms with Gasteiger partial charge in [-0.3, -0.25) is 14.6 Å². The molecule has 0 N–H and O–H groups in total. The summed E-state index contributed by atoms with van der Waals surface area (Å²) < 4.78 is 0. The number of rotatable bonds is 3. The molecule has 0 saturated carbocycles. The lowest BCUT2D eigenvalue weighted by Gasteiger charge is -2.35. The third-order valence-electron chi connectivity index (χ3n) is 5.48. The molecule has 2 aliphatic heterocycles. The zero-order valence-electron chi connectivity index (χ0n) is 15.2. The van der Waals surface area contributed by atoms with Crippen molar-refractivity contribution < 1.29 is 9.59 Å². The van der Waals surface area contributed by atoms with Crippen molar-refractivity contribution in [2.75, 3.05) is 19.6 Å². The zero-order valence-corrected chi connectivity index (χ0v) is 15.2. The monoisotopic (exact) mass is 343 g/mol. The Kier molecular flexibility index (Phi) is 6.05. The van der Waals surface area contributed by atoms with E-state index in [4.69, 9.17) is 0 Å². The van der Waals surface area contributed by atoms with Gasteiger partial charge in [-0.25, -0.2) is 0 Å². The van der Waals surface area contributed by atoms with Gasteiger partial charge in [-0.15, -0.1) is 0 Å². The maximum Gasteiger partial charge on any atom is 0.255 e. The summed E-state index contributed by atoms with van der Waals surface area (Å²) in [6.45, 7) is 4.55. The molecule has 1 unspecified atom stereocenters. The molecule has 25 heavy (non-hydrogen) atoms. The van der Waals surface area contributed by atoms with Crippen LogP contribution in [0, 0.1) is 0 Å². The largest absolute Gasteiger partial charge is 0.339 e. The molecule has 3 rings (SSSR count). The second-order valence-corrected chi connectivity index (χ2v) is 7.23. The maximum atomic E-state index is 12.9. The number of carbonyl (C=O) groups is 2. The van der Waals surface area contributed by atoms with E-state index in [-0.39, 0.29) is 11.8 Å². The Balaban J connectivity index is 1.76. The molecule has 2 fully saturated rings. The van der Waals surface area contributed by atoms with Crippen LogP contribution in [-0.4, -0.2) is 52.3 Å². The standard InChI is InChI=1S/C20H29N3O2/c1-2-18-9-5-8-12-23(18)20(25)17-13-16(14-21-15-17)19(24)22-10-6-3-4-7-11-22/h13-15,18H,2-12H2,1H3. The molecule has 0 spiro atoms. The third-order valence-corrected chi connectivity index (χ3v) is 5.48. The van der Waals surface area contributed by atoms with E-state index in [1.165, 1.54) is 19.3 Å². The number of amides is 2. The zero-order chi connectivity index (χ0) is 17.6. The van der Waals surface area contributed by atoms with Crippen LogP contribution in [0.25, 0.3) is 0 Å². The van der Waals surface area contributed by atoms with E-state index in [9.17, 15) is 9.59 Å². The Labute approximate surface area is 150 Å². The van der Waals surface area contributed by atoms with E-state index >= 15 is 0 Å². The Morgan fingerprint density at radius 3 is 2.28 bits per heavy atom. The van der Waals surface area contributed by atoms with Crippen LogP contribution in [0.5, 0.6) is 0 Å². The van der Waals surface area contributed by atoms with Crippen LogP contribution >= 0.6 is 0 Å². The summed E-state index contributed by atoms with van der Waals surface area (Å²) in [5.41, 5.74) is 1.08. The predicted molar refractivity (Wildman–Crippen MR) is 97.6 cm³/mol. The number of hydrogen-bond donors (Lipinski definition) is 0. The van der Waals surface area contributed by atoms with Crippen molar-refractivity contribution in [1.82, 2.24) is 14.8 Å². The highest BCUT2D eigenvalue weighted by Crippen LogP contribution is 2.22. The first kappa shape index (κ1) is 17.9. The van der Waals surface area contributed by atoms with Crippen molar-refractivity contribution in [2.24, 2.45) is 0 Å². The number of pyridine rings is 1. The molecule has 1 aromatic rings. The van der Waals surface area contributed by atoms with Crippen molar-refractivity contribution in [3.05, 3.63) is 29.6 Å². The Morgan fingerprint density at radius 2 is 1.60 bits per heavy atom. The van der Waals surface area contributed by atoms with Crippen LogP contribution in [0.2, 0.25) is 0 Å². The van der Waals surface area contributed by atoms with Gasteiger partial charge < -0.3 is 9.80 Å². The van der Waals surface area contributed by atoms with Gasteiger partial charge in [-0.2, -0.15) is 0 Å². The van der Waals surface area contributed by atoms with Crippen LogP contribution in [0.1, 0.15) is 79.0 Å². The van der Waals surface area contributed by atoms with Gasteiger partial charge in [0.1, 0.15) is 0 Å². The van der Waals surface area contributed by atoms with Crippen molar-refractivity contribution in [3.8, 4) is 0 Å². The minimum Gasteiger partial charge on any atom is -0.339 e. The van der Waals surface area contributed by atoms with Crippen molar-refractivity contribution in [1.29, 1.82) is 0 Å². The molecule has 136 valence electrons. The van der Waals surface area contributed by atoms with Crippen LogP contribution < -0.4 is 0 Å². The summed E-state index contributed by atoms with van der Waals surface area (Å²) in [4.78, 5) is 33.8. The molecular formula is C20H29N3O2. The molecule has 5 nitrogen and oxygen atoms in total. The average molecular weight is 343 g/mol. The number of likely N-dealkylation sites (tertiary alicyclic amines) is 2. The first-order valence-corrected chi connectivity index (χ1v) is 9.76. The molecule has 0 aromatic carbocycles. The lowest BCUT2D eigenvalue weighted by molar-refractivity contribution is 0.0607. The molecule has 0 radical (unpaired) electrons.